The van der Waals surface area contributed by atoms with Gasteiger partial charge in [0, 0.05) is 10.9 Å². The number of carbonyl (C=O) groups excluding carboxylic acids is 2. The molecule has 0 bridgehead atoms. The first-order valence-electron chi connectivity index (χ1n) is 9.08. The van der Waals surface area contributed by atoms with E-state index in [2.05, 4.69) is 5.32 Å². The van der Waals surface area contributed by atoms with Gasteiger partial charge in [-0.25, -0.2) is 0 Å². The summed E-state index contributed by atoms with van der Waals surface area (Å²) < 4.78 is 5.83. The summed E-state index contributed by atoms with van der Waals surface area (Å²) in [6.45, 7) is 1.96. The zero-order valence-electron chi connectivity index (χ0n) is 15.4. The van der Waals surface area contributed by atoms with Crippen LogP contribution in [-0.4, -0.2) is 11.7 Å². The van der Waals surface area contributed by atoms with Gasteiger partial charge in [-0.2, -0.15) is 0 Å². The van der Waals surface area contributed by atoms with Crippen LogP contribution in [0.25, 0.3) is 11.0 Å². The molecule has 0 radical (unpaired) electrons. The van der Waals surface area contributed by atoms with Crippen molar-refractivity contribution < 1.29 is 14.0 Å². The predicted molar refractivity (Wildman–Crippen MR) is 110 cm³/mol. The predicted octanol–water partition coefficient (Wildman–Crippen LogP) is 5.15. The number of hydrogen-bond donors (Lipinski definition) is 1. The standard InChI is InChI=1S/C24H19NO3/c1-16-11-13-18(14-12-16)23(27)24-22(19-9-5-6-10-20(19)28-24)25-21(26)15-17-7-3-2-4-8-17/h2-14H,15H2,1H3,(H,25,26). The van der Waals surface area contributed by atoms with E-state index in [1.54, 1.807) is 18.2 Å². The molecule has 0 saturated carbocycles. The van der Waals surface area contributed by atoms with Crippen LogP contribution in [0.5, 0.6) is 0 Å². The maximum Gasteiger partial charge on any atom is 0.230 e. The third-order valence-electron chi connectivity index (χ3n) is 4.59. The number of ketones is 1. The lowest BCUT2D eigenvalue weighted by Crippen LogP contribution is -2.16. The average Bonchev–Trinajstić information content (AvgIpc) is 3.07. The largest absolute Gasteiger partial charge is 0.450 e. The number of carbonyl (C=O) groups is 2. The van der Waals surface area contributed by atoms with Crippen molar-refractivity contribution in [3.8, 4) is 0 Å². The number of amides is 1. The maximum absolute atomic E-state index is 13.0. The zero-order valence-corrected chi connectivity index (χ0v) is 15.4. The third-order valence-corrected chi connectivity index (χ3v) is 4.59. The van der Waals surface area contributed by atoms with Gasteiger partial charge in [0.25, 0.3) is 0 Å². The second kappa shape index (κ2) is 7.53. The minimum atomic E-state index is -0.258. The van der Waals surface area contributed by atoms with Gasteiger partial charge in [-0.15, -0.1) is 0 Å². The highest BCUT2D eigenvalue weighted by atomic mass is 16.3. The van der Waals surface area contributed by atoms with Crippen molar-refractivity contribution in [3.05, 3.63) is 101 Å². The first-order valence-corrected chi connectivity index (χ1v) is 9.08. The van der Waals surface area contributed by atoms with E-state index in [1.165, 1.54) is 0 Å². The van der Waals surface area contributed by atoms with Crippen LogP contribution in [0.1, 0.15) is 27.2 Å². The average molecular weight is 369 g/mol. The van der Waals surface area contributed by atoms with Gasteiger partial charge in [0.15, 0.2) is 5.76 Å². The maximum atomic E-state index is 13.0. The summed E-state index contributed by atoms with van der Waals surface area (Å²) in [6, 6.07) is 24.1. The molecule has 1 amide bonds. The van der Waals surface area contributed by atoms with Crippen LogP contribution in [0.4, 0.5) is 5.69 Å². The molecule has 4 aromatic rings. The highest BCUT2D eigenvalue weighted by Crippen LogP contribution is 2.32. The Balaban J connectivity index is 1.70. The smallest absolute Gasteiger partial charge is 0.230 e. The summed E-state index contributed by atoms with van der Waals surface area (Å²) in [5.41, 5.74) is 3.47. The molecule has 3 aromatic carbocycles. The molecule has 0 fully saturated rings. The molecule has 0 spiro atoms. The lowest BCUT2D eigenvalue weighted by Gasteiger charge is -2.06. The minimum absolute atomic E-state index is 0.145. The van der Waals surface area contributed by atoms with Crippen molar-refractivity contribution in [2.75, 3.05) is 5.32 Å². The van der Waals surface area contributed by atoms with E-state index < -0.39 is 0 Å². The van der Waals surface area contributed by atoms with Crippen LogP contribution >= 0.6 is 0 Å². The zero-order chi connectivity index (χ0) is 19.5. The molecule has 0 atom stereocenters. The fourth-order valence-electron chi connectivity index (χ4n) is 3.13. The van der Waals surface area contributed by atoms with E-state index in [1.807, 2.05) is 67.6 Å². The van der Waals surface area contributed by atoms with Crippen LogP contribution in [0.3, 0.4) is 0 Å². The minimum Gasteiger partial charge on any atom is -0.450 e. The Morgan fingerprint density at radius 2 is 1.54 bits per heavy atom. The molecule has 28 heavy (non-hydrogen) atoms. The van der Waals surface area contributed by atoms with E-state index in [0.717, 1.165) is 11.1 Å². The van der Waals surface area contributed by atoms with Crippen LogP contribution in [-0.2, 0) is 11.2 Å². The molecule has 0 saturated heterocycles. The number of rotatable bonds is 5. The molecule has 4 rings (SSSR count). The Hall–Kier alpha value is -3.66. The van der Waals surface area contributed by atoms with Crippen molar-refractivity contribution >= 4 is 28.3 Å². The van der Waals surface area contributed by atoms with E-state index >= 15 is 0 Å². The number of nitrogens with one attached hydrogen (secondary N) is 1. The number of anilines is 1. The molecule has 0 aliphatic rings. The highest BCUT2D eigenvalue weighted by Gasteiger charge is 2.23. The lowest BCUT2D eigenvalue weighted by molar-refractivity contribution is -0.115. The first-order chi connectivity index (χ1) is 13.6. The monoisotopic (exact) mass is 369 g/mol. The second-order valence-corrected chi connectivity index (χ2v) is 6.71. The van der Waals surface area contributed by atoms with Gasteiger partial charge in [-0.05, 0) is 24.6 Å². The molecule has 1 heterocycles. The fourth-order valence-corrected chi connectivity index (χ4v) is 3.13. The summed E-state index contributed by atoms with van der Waals surface area (Å²) in [4.78, 5) is 25.7. The number of hydrogen-bond acceptors (Lipinski definition) is 3. The molecule has 0 aliphatic heterocycles. The Labute approximate surface area is 162 Å². The summed E-state index contributed by atoms with van der Waals surface area (Å²) in [7, 11) is 0. The van der Waals surface area contributed by atoms with E-state index in [4.69, 9.17) is 4.42 Å². The molecular formula is C24H19NO3. The molecule has 1 N–H and O–H groups in total. The number of fused-ring (bicyclic) bond motifs is 1. The summed E-state index contributed by atoms with van der Waals surface area (Å²) in [5.74, 6) is -0.312. The molecule has 138 valence electrons. The number of para-hydroxylation sites is 1. The van der Waals surface area contributed by atoms with Gasteiger partial charge in [0.05, 0.1) is 12.1 Å². The van der Waals surface area contributed by atoms with Crippen molar-refractivity contribution in [3.63, 3.8) is 0 Å². The number of furan rings is 1. The van der Waals surface area contributed by atoms with E-state index in [9.17, 15) is 9.59 Å². The molecule has 0 aliphatic carbocycles. The molecule has 1 aromatic heterocycles. The van der Waals surface area contributed by atoms with Gasteiger partial charge >= 0.3 is 0 Å². The molecule has 4 heteroatoms. The molecular weight excluding hydrogens is 350 g/mol. The van der Waals surface area contributed by atoms with Crippen molar-refractivity contribution in [2.24, 2.45) is 0 Å². The van der Waals surface area contributed by atoms with E-state index in [-0.39, 0.29) is 23.9 Å². The lowest BCUT2D eigenvalue weighted by atomic mass is 10.1. The quantitative estimate of drug-likeness (QED) is 0.495. The second-order valence-electron chi connectivity index (χ2n) is 6.71. The normalized spacial score (nSPS) is 10.8. The van der Waals surface area contributed by atoms with Gasteiger partial charge in [-0.1, -0.05) is 72.3 Å². The Morgan fingerprint density at radius 1 is 0.857 bits per heavy atom. The van der Waals surface area contributed by atoms with Gasteiger partial charge in [-0.3, -0.25) is 9.59 Å². The van der Waals surface area contributed by atoms with Crippen LogP contribution < -0.4 is 5.32 Å². The third kappa shape index (κ3) is 3.58. The van der Waals surface area contributed by atoms with Gasteiger partial charge < -0.3 is 9.73 Å². The summed E-state index contributed by atoms with van der Waals surface area (Å²) in [6.07, 6.45) is 0.221. The Morgan fingerprint density at radius 3 is 2.29 bits per heavy atom. The van der Waals surface area contributed by atoms with Crippen molar-refractivity contribution in [1.82, 2.24) is 0 Å². The Bertz CT molecular complexity index is 1140. The molecule has 0 unspecified atom stereocenters. The van der Waals surface area contributed by atoms with E-state index in [0.29, 0.717) is 22.2 Å². The summed E-state index contributed by atoms with van der Waals surface area (Å²) >= 11 is 0. The van der Waals surface area contributed by atoms with Crippen molar-refractivity contribution in [1.29, 1.82) is 0 Å². The topological polar surface area (TPSA) is 59.3 Å². The number of aryl methyl sites for hydroxylation is 1. The van der Waals surface area contributed by atoms with Crippen LogP contribution in [0.2, 0.25) is 0 Å². The number of benzene rings is 3. The Kier molecular flexibility index (Phi) is 4.77. The highest BCUT2D eigenvalue weighted by molar-refractivity contribution is 6.17. The van der Waals surface area contributed by atoms with Crippen molar-refractivity contribution in [2.45, 2.75) is 13.3 Å². The SMILES string of the molecule is Cc1ccc(C(=O)c2oc3ccccc3c2NC(=O)Cc2ccccc2)cc1. The van der Waals surface area contributed by atoms with Gasteiger partial charge in [0.1, 0.15) is 5.58 Å². The fraction of sp³-hybridized carbons (Fsp3) is 0.0833. The summed E-state index contributed by atoms with van der Waals surface area (Å²) in [5, 5.41) is 3.60. The first kappa shape index (κ1) is 17.7. The molecule has 4 nitrogen and oxygen atoms in total. The van der Waals surface area contributed by atoms with Crippen LogP contribution in [0, 0.1) is 6.92 Å². The van der Waals surface area contributed by atoms with Crippen LogP contribution in [0.15, 0.2) is 83.3 Å². The van der Waals surface area contributed by atoms with Gasteiger partial charge in [0.2, 0.25) is 11.7 Å².